The van der Waals surface area contributed by atoms with E-state index in [-0.39, 0.29) is 31.1 Å². The van der Waals surface area contributed by atoms with Gasteiger partial charge in [0, 0.05) is 19.3 Å². The van der Waals surface area contributed by atoms with Crippen molar-refractivity contribution in [2.45, 2.75) is 348 Å². The number of esters is 3. The molecule has 0 radical (unpaired) electrons. The zero-order valence-electron chi connectivity index (χ0n) is 52.4. The number of rotatable bonds is 62. The number of carbonyl (C=O) groups is 3. The zero-order valence-corrected chi connectivity index (χ0v) is 52.4. The van der Waals surface area contributed by atoms with E-state index in [0.29, 0.717) is 19.3 Å². The molecule has 0 aliphatic carbocycles. The summed E-state index contributed by atoms with van der Waals surface area (Å²) < 4.78 is 16.9. The van der Waals surface area contributed by atoms with E-state index < -0.39 is 6.10 Å². The zero-order chi connectivity index (χ0) is 57.1. The van der Waals surface area contributed by atoms with Crippen LogP contribution in [0, 0.1) is 0 Å². The maximum Gasteiger partial charge on any atom is 0.306 e. The van der Waals surface area contributed by atoms with Crippen LogP contribution in [0.25, 0.3) is 0 Å². The summed E-state index contributed by atoms with van der Waals surface area (Å²) >= 11 is 0. The maximum absolute atomic E-state index is 12.9. The van der Waals surface area contributed by atoms with Crippen LogP contribution in [-0.2, 0) is 28.6 Å². The third-order valence-corrected chi connectivity index (χ3v) is 14.9. The minimum absolute atomic E-state index is 0.0730. The molecular formula is C73H128O6. The van der Waals surface area contributed by atoms with Gasteiger partial charge in [0.25, 0.3) is 0 Å². The monoisotopic (exact) mass is 1100 g/mol. The van der Waals surface area contributed by atoms with Gasteiger partial charge in [0.1, 0.15) is 13.2 Å². The van der Waals surface area contributed by atoms with Crippen molar-refractivity contribution in [3.8, 4) is 0 Å². The van der Waals surface area contributed by atoms with E-state index in [0.717, 1.165) is 96.3 Å². The Morgan fingerprint density at radius 2 is 0.494 bits per heavy atom. The molecule has 0 amide bonds. The Hall–Kier alpha value is -3.41. The molecule has 1 unspecified atom stereocenters. The molecule has 0 bridgehead atoms. The van der Waals surface area contributed by atoms with E-state index in [9.17, 15) is 14.4 Å². The van der Waals surface area contributed by atoms with Crippen molar-refractivity contribution >= 4 is 17.9 Å². The Bertz CT molecular complexity index is 1500. The summed E-state index contributed by atoms with van der Waals surface area (Å²) in [7, 11) is 0. The molecule has 0 rings (SSSR count). The molecule has 0 spiro atoms. The minimum atomic E-state index is -0.776. The standard InChI is InChI=1S/C73H128O6/c1-4-7-10-13-16-19-22-24-26-28-30-31-32-33-34-35-36-37-38-39-40-41-43-44-46-48-51-54-57-60-63-66-72(75)78-69-70(68-77-71(74)65-62-59-56-53-50-21-18-15-12-9-6-3)79-73(76)67-64-61-58-55-52-49-47-45-42-29-27-25-23-20-17-14-11-8-5-2/h7,10,16,19,24-27,30-31,33-34,36-37,70H,4-6,8-9,11-15,17-18,20-23,28-29,32,35,38-69H2,1-3H3/b10-7-,19-16-,26-24-,27-25-,31-30-,34-33-,37-36-. The van der Waals surface area contributed by atoms with Crippen molar-refractivity contribution in [3.05, 3.63) is 85.1 Å². The van der Waals surface area contributed by atoms with Crippen LogP contribution in [0.5, 0.6) is 0 Å². The van der Waals surface area contributed by atoms with E-state index in [4.69, 9.17) is 14.2 Å². The van der Waals surface area contributed by atoms with Gasteiger partial charge < -0.3 is 14.2 Å². The van der Waals surface area contributed by atoms with Crippen LogP contribution < -0.4 is 0 Å². The van der Waals surface area contributed by atoms with Crippen LogP contribution in [0.1, 0.15) is 342 Å². The van der Waals surface area contributed by atoms with E-state index in [1.807, 2.05) is 0 Å². The highest BCUT2D eigenvalue weighted by molar-refractivity contribution is 5.71. The fraction of sp³-hybridized carbons (Fsp3) is 0.767. The number of hydrogen-bond acceptors (Lipinski definition) is 6. The molecule has 79 heavy (non-hydrogen) atoms. The Balaban J connectivity index is 4.20. The molecule has 6 nitrogen and oxygen atoms in total. The van der Waals surface area contributed by atoms with Gasteiger partial charge in [0.2, 0.25) is 0 Å². The Kier molecular flexibility index (Phi) is 64.2. The number of unbranched alkanes of at least 4 members (excludes halogenated alkanes) is 37. The molecule has 0 aromatic rings. The third-order valence-electron chi connectivity index (χ3n) is 14.9. The molecule has 0 saturated carbocycles. The Morgan fingerprint density at radius 1 is 0.266 bits per heavy atom. The maximum atomic E-state index is 12.9. The van der Waals surface area contributed by atoms with Crippen molar-refractivity contribution in [2.24, 2.45) is 0 Å². The normalized spacial score (nSPS) is 12.6. The Labute approximate surface area is 490 Å². The van der Waals surface area contributed by atoms with Crippen LogP contribution in [0.3, 0.4) is 0 Å². The van der Waals surface area contributed by atoms with Crippen molar-refractivity contribution in [1.82, 2.24) is 0 Å². The first kappa shape index (κ1) is 75.6. The lowest BCUT2D eigenvalue weighted by Gasteiger charge is -2.18. The summed E-state index contributed by atoms with van der Waals surface area (Å²) in [6, 6.07) is 0. The fourth-order valence-electron chi connectivity index (χ4n) is 9.80. The lowest BCUT2D eigenvalue weighted by atomic mass is 10.0. The first-order chi connectivity index (χ1) is 39.0. The molecule has 0 aliphatic rings. The molecule has 0 aliphatic heterocycles. The van der Waals surface area contributed by atoms with Gasteiger partial charge in [-0.25, -0.2) is 0 Å². The molecule has 0 fully saturated rings. The van der Waals surface area contributed by atoms with Gasteiger partial charge in [-0.3, -0.25) is 14.4 Å². The highest BCUT2D eigenvalue weighted by Gasteiger charge is 2.19. The van der Waals surface area contributed by atoms with Crippen LogP contribution in [0.2, 0.25) is 0 Å². The molecule has 6 heteroatoms. The van der Waals surface area contributed by atoms with E-state index in [2.05, 4.69) is 106 Å². The van der Waals surface area contributed by atoms with Crippen molar-refractivity contribution < 1.29 is 28.6 Å². The second kappa shape index (κ2) is 67.1. The number of ether oxygens (including phenoxy) is 3. The quantitative estimate of drug-likeness (QED) is 0.0261. The van der Waals surface area contributed by atoms with Gasteiger partial charge in [-0.15, -0.1) is 0 Å². The molecule has 0 N–H and O–H groups in total. The van der Waals surface area contributed by atoms with Gasteiger partial charge in [0.15, 0.2) is 6.10 Å². The van der Waals surface area contributed by atoms with E-state index in [1.165, 1.54) is 205 Å². The van der Waals surface area contributed by atoms with Crippen LogP contribution in [0.15, 0.2) is 85.1 Å². The Morgan fingerprint density at radius 3 is 0.785 bits per heavy atom. The summed E-state index contributed by atoms with van der Waals surface area (Å²) in [4.78, 5) is 38.3. The topological polar surface area (TPSA) is 78.9 Å². The van der Waals surface area contributed by atoms with Crippen LogP contribution in [-0.4, -0.2) is 37.2 Å². The second-order valence-corrected chi connectivity index (χ2v) is 22.7. The van der Waals surface area contributed by atoms with Gasteiger partial charge in [-0.05, 0) is 96.3 Å². The van der Waals surface area contributed by atoms with Gasteiger partial charge in [0.05, 0.1) is 0 Å². The predicted octanol–water partition coefficient (Wildman–Crippen LogP) is 23.4. The number of carbonyl (C=O) groups excluding carboxylic acids is 3. The van der Waals surface area contributed by atoms with Gasteiger partial charge in [-0.2, -0.15) is 0 Å². The SMILES string of the molecule is CC/C=C\C/C=C\C/C=C\C/C=C\C/C=C\C/C=C\CCCCCCCCCCCCCCC(=O)OCC(COC(=O)CCCCCCCCCCCCC)OC(=O)CCCCCCCCCCC/C=C\CCCCCCCC. The minimum Gasteiger partial charge on any atom is -0.462 e. The molecule has 0 aromatic heterocycles. The smallest absolute Gasteiger partial charge is 0.306 e. The van der Waals surface area contributed by atoms with Gasteiger partial charge >= 0.3 is 17.9 Å². The average Bonchev–Trinajstić information content (AvgIpc) is 3.45. The van der Waals surface area contributed by atoms with Crippen LogP contribution in [0.4, 0.5) is 0 Å². The predicted molar refractivity (Wildman–Crippen MR) is 344 cm³/mol. The molecular weight excluding hydrogens is 973 g/mol. The largest absolute Gasteiger partial charge is 0.462 e. The molecule has 0 saturated heterocycles. The summed E-state index contributed by atoms with van der Waals surface area (Å²) in [6.45, 7) is 6.55. The highest BCUT2D eigenvalue weighted by atomic mass is 16.6. The number of allylic oxidation sites excluding steroid dienone is 14. The van der Waals surface area contributed by atoms with Gasteiger partial charge in [-0.1, -0.05) is 311 Å². The molecule has 0 aromatic carbocycles. The molecule has 1 atom stereocenters. The fourth-order valence-corrected chi connectivity index (χ4v) is 9.80. The van der Waals surface area contributed by atoms with Crippen molar-refractivity contribution in [1.29, 1.82) is 0 Å². The summed E-state index contributed by atoms with van der Waals surface area (Å²) in [5, 5.41) is 0. The van der Waals surface area contributed by atoms with Crippen molar-refractivity contribution in [3.63, 3.8) is 0 Å². The lowest BCUT2D eigenvalue weighted by Crippen LogP contribution is -2.30. The second-order valence-electron chi connectivity index (χ2n) is 22.7. The molecule has 456 valence electrons. The first-order valence-electron chi connectivity index (χ1n) is 34.1. The lowest BCUT2D eigenvalue weighted by molar-refractivity contribution is -0.167. The average molecular weight is 1100 g/mol. The highest BCUT2D eigenvalue weighted by Crippen LogP contribution is 2.17. The van der Waals surface area contributed by atoms with Crippen molar-refractivity contribution in [2.75, 3.05) is 13.2 Å². The van der Waals surface area contributed by atoms with Crippen LogP contribution >= 0.6 is 0 Å². The summed E-state index contributed by atoms with van der Waals surface area (Å²) in [5.74, 6) is -0.861. The first-order valence-corrected chi connectivity index (χ1v) is 34.1. The molecule has 0 heterocycles. The number of hydrogen-bond donors (Lipinski definition) is 0. The van der Waals surface area contributed by atoms with E-state index >= 15 is 0 Å². The summed E-state index contributed by atoms with van der Waals surface area (Å²) in [6.07, 6.45) is 88.9. The third kappa shape index (κ3) is 65.3. The summed E-state index contributed by atoms with van der Waals surface area (Å²) in [5.41, 5.74) is 0. The van der Waals surface area contributed by atoms with E-state index in [1.54, 1.807) is 0 Å².